The zero-order valence-corrected chi connectivity index (χ0v) is 7.80. The zero-order chi connectivity index (χ0) is 9.10. The van der Waals surface area contributed by atoms with Crippen LogP contribution < -0.4 is 5.32 Å². The highest BCUT2D eigenvalue weighted by Gasteiger charge is 2.11. The molecule has 0 fully saturated rings. The molecule has 1 aliphatic rings. The Balaban J connectivity index is 2.07. The Kier molecular flexibility index (Phi) is 2.36. The van der Waals surface area contributed by atoms with Gasteiger partial charge in [-0.15, -0.1) is 11.8 Å². The lowest BCUT2D eigenvalue weighted by Gasteiger charge is -2.04. The van der Waals surface area contributed by atoms with Crippen molar-refractivity contribution in [2.45, 2.75) is 0 Å². The summed E-state index contributed by atoms with van der Waals surface area (Å²) in [6.45, 7) is 0. The lowest BCUT2D eigenvalue weighted by Crippen LogP contribution is -1.92. The topological polar surface area (TPSA) is 29.1 Å². The van der Waals surface area contributed by atoms with Gasteiger partial charge in [-0.05, 0) is 12.1 Å². The molecule has 0 atom stereocenters. The number of hydrogen-bond donors (Lipinski definition) is 1. The molecule has 0 unspecified atom stereocenters. The van der Waals surface area contributed by atoms with Crippen molar-refractivity contribution >= 4 is 23.2 Å². The molecule has 0 aromatic heterocycles. The van der Waals surface area contributed by atoms with Crippen LogP contribution in [0.3, 0.4) is 0 Å². The van der Waals surface area contributed by atoms with Gasteiger partial charge in [0, 0.05) is 11.8 Å². The second kappa shape index (κ2) is 3.66. The van der Waals surface area contributed by atoms with E-state index < -0.39 is 0 Å². The van der Waals surface area contributed by atoms with E-state index in [2.05, 4.69) is 5.32 Å². The number of thioether (sulfide) groups is 1. The smallest absolute Gasteiger partial charge is 0.168 e. The molecule has 0 saturated carbocycles. The highest BCUT2D eigenvalue weighted by molar-refractivity contribution is 8.04. The monoisotopic (exact) mass is 191 g/mol. The average Bonchev–Trinajstić information content (AvgIpc) is 2.53. The van der Waals surface area contributed by atoms with Crippen LogP contribution in [0.1, 0.15) is 0 Å². The number of para-hydroxylation sites is 1. The molecule has 0 radical (unpaired) electrons. The van der Waals surface area contributed by atoms with E-state index >= 15 is 0 Å². The van der Waals surface area contributed by atoms with Crippen LogP contribution in [-0.2, 0) is 4.79 Å². The normalized spacial score (nSPS) is 15.7. The molecule has 0 aliphatic carbocycles. The molecular weight excluding hydrogens is 182 g/mol. The maximum absolute atomic E-state index is 10.9. The van der Waals surface area contributed by atoms with Crippen molar-refractivity contribution in [3.63, 3.8) is 0 Å². The molecule has 1 aromatic rings. The SMILES string of the molecule is O=C1C=C(Nc2ccccc2)SC1. The number of anilines is 1. The fourth-order valence-electron chi connectivity index (χ4n) is 1.11. The first-order chi connectivity index (χ1) is 6.34. The number of rotatable bonds is 2. The minimum Gasteiger partial charge on any atom is -0.350 e. The largest absolute Gasteiger partial charge is 0.350 e. The maximum Gasteiger partial charge on any atom is 0.168 e. The van der Waals surface area contributed by atoms with Gasteiger partial charge in [-0.25, -0.2) is 0 Å². The molecule has 0 bridgehead atoms. The van der Waals surface area contributed by atoms with Crippen LogP contribution >= 0.6 is 11.8 Å². The Morgan fingerprint density at radius 1 is 1.23 bits per heavy atom. The lowest BCUT2D eigenvalue weighted by molar-refractivity contribution is -0.112. The van der Waals surface area contributed by atoms with Gasteiger partial charge in [0.1, 0.15) is 0 Å². The van der Waals surface area contributed by atoms with Gasteiger partial charge in [-0.3, -0.25) is 4.79 Å². The van der Waals surface area contributed by atoms with Gasteiger partial charge in [0.25, 0.3) is 0 Å². The van der Waals surface area contributed by atoms with Gasteiger partial charge in [0.15, 0.2) is 5.78 Å². The molecule has 0 amide bonds. The first-order valence-electron chi connectivity index (χ1n) is 4.04. The average molecular weight is 191 g/mol. The highest BCUT2D eigenvalue weighted by Crippen LogP contribution is 2.24. The number of hydrogen-bond acceptors (Lipinski definition) is 3. The Labute approximate surface area is 81.0 Å². The Hall–Kier alpha value is -1.22. The number of nitrogens with one attached hydrogen (secondary N) is 1. The quantitative estimate of drug-likeness (QED) is 0.777. The lowest BCUT2D eigenvalue weighted by atomic mass is 10.3. The molecule has 1 N–H and O–H groups in total. The molecule has 3 heteroatoms. The summed E-state index contributed by atoms with van der Waals surface area (Å²) in [5.41, 5.74) is 1.02. The van der Waals surface area contributed by atoms with Crippen molar-refractivity contribution in [1.29, 1.82) is 0 Å². The third-order valence-electron chi connectivity index (χ3n) is 1.70. The van der Waals surface area contributed by atoms with Crippen molar-refractivity contribution < 1.29 is 4.79 Å². The molecule has 2 nitrogen and oxygen atoms in total. The first-order valence-corrected chi connectivity index (χ1v) is 5.02. The van der Waals surface area contributed by atoms with Crippen molar-refractivity contribution in [2.24, 2.45) is 0 Å². The van der Waals surface area contributed by atoms with E-state index in [-0.39, 0.29) is 5.78 Å². The van der Waals surface area contributed by atoms with Crippen molar-refractivity contribution in [3.8, 4) is 0 Å². The van der Waals surface area contributed by atoms with Crippen molar-refractivity contribution in [1.82, 2.24) is 0 Å². The van der Waals surface area contributed by atoms with Crippen LogP contribution in [-0.4, -0.2) is 11.5 Å². The van der Waals surface area contributed by atoms with E-state index in [1.807, 2.05) is 30.3 Å². The van der Waals surface area contributed by atoms with Crippen LogP contribution in [0.2, 0.25) is 0 Å². The van der Waals surface area contributed by atoms with Gasteiger partial charge in [0.05, 0.1) is 10.8 Å². The zero-order valence-electron chi connectivity index (χ0n) is 6.99. The Bertz CT molecular complexity index is 345. The van der Waals surface area contributed by atoms with E-state index in [1.165, 1.54) is 0 Å². The van der Waals surface area contributed by atoms with Crippen LogP contribution in [0, 0.1) is 0 Å². The summed E-state index contributed by atoms with van der Waals surface area (Å²) in [5.74, 6) is 0.748. The number of allylic oxidation sites excluding steroid dienone is 1. The third kappa shape index (κ3) is 2.12. The molecular formula is C10H9NOS. The number of benzene rings is 1. The Morgan fingerprint density at radius 2 is 2.00 bits per heavy atom. The van der Waals surface area contributed by atoms with Crippen LogP contribution in [0.15, 0.2) is 41.4 Å². The summed E-state index contributed by atoms with van der Waals surface area (Å²) in [4.78, 5) is 10.9. The molecule has 1 heterocycles. The van der Waals surface area contributed by atoms with Crippen LogP contribution in [0.25, 0.3) is 0 Å². The standard InChI is InChI=1S/C10H9NOS/c12-9-6-10(13-7-9)11-8-4-2-1-3-5-8/h1-6,11H,7H2. The molecule has 0 spiro atoms. The number of carbonyl (C=O) groups excluding carboxylic acids is 1. The predicted octanol–water partition coefficient (Wildman–Crippen LogP) is 2.26. The van der Waals surface area contributed by atoms with Crippen LogP contribution in [0.4, 0.5) is 5.69 Å². The third-order valence-corrected chi connectivity index (χ3v) is 2.66. The summed E-state index contributed by atoms with van der Waals surface area (Å²) in [6, 6.07) is 9.84. The Morgan fingerprint density at radius 3 is 2.62 bits per heavy atom. The molecule has 13 heavy (non-hydrogen) atoms. The molecule has 0 saturated heterocycles. The van der Waals surface area contributed by atoms with Gasteiger partial charge < -0.3 is 5.32 Å². The molecule has 1 aliphatic heterocycles. The van der Waals surface area contributed by atoms with Gasteiger partial charge in [-0.1, -0.05) is 18.2 Å². The van der Waals surface area contributed by atoms with E-state index in [0.29, 0.717) is 5.75 Å². The fourth-order valence-corrected chi connectivity index (χ4v) is 1.90. The summed E-state index contributed by atoms with van der Waals surface area (Å²) < 4.78 is 0. The van der Waals surface area contributed by atoms with E-state index in [9.17, 15) is 4.79 Å². The van der Waals surface area contributed by atoms with Gasteiger partial charge in [0.2, 0.25) is 0 Å². The number of carbonyl (C=O) groups is 1. The highest BCUT2D eigenvalue weighted by atomic mass is 32.2. The summed E-state index contributed by atoms with van der Waals surface area (Å²) in [5, 5.41) is 4.12. The van der Waals surface area contributed by atoms with E-state index in [1.54, 1.807) is 17.8 Å². The maximum atomic E-state index is 10.9. The minimum absolute atomic E-state index is 0.184. The summed E-state index contributed by atoms with van der Waals surface area (Å²) >= 11 is 1.55. The predicted molar refractivity (Wildman–Crippen MR) is 55.6 cm³/mol. The molecule has 2 rings (SSSR count). The fraction of sp³-hybridized carbons (Fsp3) is 0.100. The van der Waals surface area contributed by atoms with Gasteiger partial charge >= 0.3 is 0 Å². The second-order valence-electron chi connectivity index (χ2n) is 2.75. The second-order valence-corrected chi connectivity index (χ2v) is 3.77. The summed E-state index contributed by atoms with van der Waals surface area (Å²) in [6.07, 6.45) is 1.65. The summed E-state index contributed by atoms with van der Waals surface area (Å²) in [7, 11) is 0. The first kappa shape index (κ1) is 8.38. The molecule has 66 valence electrons. The van der Waals surface area contributed by atoms with E-state index in [4.69, 9.17) is 0 Å². The van der Waals surface area contributed by atoms with Gasteiger partial charge in [-0.2, -0.15) is 0 Å². The number of ketones is 1. The van der Waals surface area contributed by atoms with Crippen molar-refractivity contribution in [2.75, 3.05) is 11.1 Å². The minimum atomic E-state index is 0.184. The van der Waals surface area contributed by atoms with Crippen LogP contribution in [0.5, 0.6) is 0 Å². The van der Waals surface area contributed by atoms with Crippen molar-refractivity contribution in [3.05, 3.63) is 41.4 Å². The van der Waals surface area contributed by atoms with E-state index in [0.717, 1.165) is 10.7 Å². The molecule has 1 aromatic carbocycles.